The highest BCUT2D eigenvalue weighted by Gasteiger charge is 2.26. The summed E-state index contributed by atoms with van der Waals surface area (Å²) in [5, 5.41) is 5.66. The van der Waals surface area contributed by atoms with Crippen LogP contribution in [0.4, 0.5) is 10.5 Å². The van der Waals surface area contributed by atoms with Crippen LogP contribution in [0.15, 0.2) is 41.3 Å². The zero-order valence-electron chi connectivity index (χ0n) is 17.1. The van der Waals surface area contributed by atoms with Gasteiger partial charge in [-0.05, 0) is 56.8 Å². The number of thiophene rings is 1. The number of nitrogens with zero attached hydrogens (tertiary/aromatic N) is 2. The molecule has 30 heavy (non-hydrogen) atoms. The van der Waals surface area contributed by atoms with Gasteiger partial charge in [0.25, 0.3) is 0 Å². The van der Waals surface area contributed by atoms with Crippen molar-refractivity contribution in [1.82, 2.24) is 14.5 Å². The Morgan fingerprint density at radius 1 is 1.20 bits per heavy atom. The molecule has 164 valence electrons. The average Bonchev–Trinajstić information content (AvgIpc) is 3.01. The van der Waals surface area contributed by atoms with Crippen molar-refractivity contribution in [2.75, 3.05) is 38.5 Å². The molecule has 2 amide bonds. The normalized spacial score (nSPS) is 17.3. The molecule has 2 heterocycles. The number of nitrogens with one attached hydrogen (secondary N) is 2. The highest BCUT2D eigenvalue weighted by Crippen LogP contribution is 2.28. The number of benzene rings is 1. The van der Waals surface area contributed by atoms with Gasteiger partial charge in [-0.25, -0.2) is 13.2 Å². The zero-order valence-corrected chi connectivity index (χ0v) is 19.5. The molecule has 1 aromatic carbocycles. The molecule has 10 heteroatoms. The molecule has 1 aromatic heterocycles. The molecule has 1 saturated heterocycles. The number of rotatable bonds is 6. The molecule has 0 spiro atoms. The van der Waals surface area contributed by atoms with E-state index in [2.05, 4.69) is 15.5 Å². The molecule has 0 saturated carbocycles. The van der Waals surface area contributed by atoms with E-state index in [9.17, 15) is 13.2 Å². The van der Waals surface area contributed by atoms with E-state index in [1.165, 1.54) is 21.7 Å². The van der Waals surface area contributed by atoms with E-state index >= 15 is 0 Å². The summed E-state index contributed by atoms with van der Waals surface area (Å²) in [5.41, 5.74) is 0.430. The Morgan fingerprint density at radius 2 is 2.00 bits per heavy atom. The number of urea groups is 1. The lowest BCUT2D eigenvalue weighted by atomic mass is 10.2. The van der Waals surface area contributed by atoms with Crippen LogP contribution in [-0.4, -0.2) is 56.9 Å². The van der Waals surface area contributed by atoms with E-state index in [1.807, 2.05) is 20.0 Å². The number of anilines is 1. The summed E-state index contributed by atoms with van der Waals surface area (Å²) in [6.45, 7) is 4.50. The van der Waals surface area contributed by atoms with Crippen LogP contribution in [0.25, 0.3) is 0 Å². The van der Waals surface area contributed by atoms with E-state index in [0.717, 1.165) is 17.8 Å². The molecule has 0 bridgehead atoms. The van der Waals surface area contributed by atoms with Crippen LogP contribution in [0.1, 0.15) is 30.7 Å². The Kier molecular flexibility index (Phi) is 7.75. The Labute approximate surface area is 187 Å². The Hall–Kier alpha value is -1.65. The largest absolute Gasteiger partial charge is 0.330 e. The third-order valence-electron chi connectivity index (χ3n) is 5.06. The fraction of sp³-hybridized carbons (Fsp3) is 0.450. The van der Waals surface area contributed by atoms with Crippen molar-refractivity contribution >= 4 is 44.7 Å². The number of hydrogen-bond donors (Lipinski definition) is 2. The van der Waals surface area contributed by atoms with Gasteiger partial charge in [0.05, 0.1) is 15.3 Å². The number of halogens is 1. The number of amides is 2. The van der Waals surface area contributed by atoms with E-state index in [4.69, 9.17) is 11.6 Å². The van der Waals surface area contributed by atoms with Gasteiger partial charge in [-0.1, -0.05) is 24.6 Å². The minimum absolute atomic E-state index is 0.163. The molecule has 7 nitrogen and oxygen atoms in total. The first kappa shape index (κ1) is 23.0. The van der Waals surface area contributed by atoms with Crippen LogP contribution in [0.2, 0.25) is 4.34 Å². The predicted octanol–water partition coefficient (Wildman–Crippen LogP) is 4.00. The van der Waals surface area contributed by atoms with Gasteiger partial charge in [0.15, 0.2) is 0 Å². The maximum Gasteiger partial charge on any atom is 0.319 e. The number of hydrogen-bond acceptors (Lipinski definition) is 5. The van der Waals surface area contributed by atoms with E-state index < -0.39 is 16.1 Å². The number of carbonyl (C=O) groups excluding carboxylic acids is 1. The number of sulfonamides is 1. The first-order valence-electron chi connectivity index (χ1n) is 9.91. The third-order valence-corrected chi connectivity index (χ3v) is 8.30. The van der Waals surface area contributed by atoms with Gasteiger partial charge >= 0.3 is 6.03 Å². The zero-order chi connectivity index (χ0) is 21.7. The Morgan fingerprint density at radius 3 is 2.70 bits per heavy atom. The number of carbonyl (C=O) groups is 1. The van der Waals surface area contributed by atoms with Crippen LogP contribution in [0.5, 0.6) is 0 Å². The quantitative estimate of drug-likeness (QED) is 0.668. The van der Waals surface area contributed by atoms with Crippen molar-refractivity contribution in [3.63, 3.8) is 0 Å². The fourth-order valence-electron chi connectivity index (χ4n) is 3.36. The summed E-state index contributed by atoms with van der Waals surface area (Å²) in [4.78, 5) is 15.8. The summed E-state index contributed by atoms with van der Waals surface area (Å²) in [7, 11) is -1.62. The van der Waals surface area contributed by atoms with Gasteiger partial charge in [-0.2, -0.15) is 4.31 Å². The molecular weight excluding hydrogens is 444 g/mol. The van der Waals surface area contributed by atoms with E-state index in [-0.39, 0.29) is 10.9 Å². The fourth-order valence-corrected chi connectivity index (χ4v) is 6.07. The second-order valence-electron chi connectivity index (χ2n) is 7.29. The first-order valence-corrected chi connectivity index (χ1v) is 12.5. The molecule has 0 aliphatic carbocycles. The molecule has 1 aliphatic heterocycles. The van der Waals surface area contributed by atoms with Crippen molar-refractivity contribution < 1.29 is 13.2 Å². The summed E-state index contributed by atoms with van der Waals surface area (Å²) in [6, 6.07) is 9.54. The maximum absolute atomic E-state index is 13.1. The van der Waals surface area contributed by atoms with E-state index in [0.29, 0.717) is 36.1 Å². The van der Waals surface area contributed by atoms with E-state index in [1.54, 1.807) is 24.3 Å². The van der Waals surface area contributed by atoms with Gasteiger partial charge in [0.2, 0.25) is 10.0 Å². The summed E-state index contributed by atoms with van der Waals surface area (Å²) in [5.74, 6) is 0. The summed E-state index contributed by atoms with van der Waals surface area (Å²) < 4.78 is 28.3. The van der Waals surface area contributed by atoms with Gasteiger partial charge in [0.1, 0.15) is 0 Å². The highest BCUT2D eigenvalue weighted by atomic mass is 35.5. The SMILES string of the molecule is CCC(NC(=O)Nc1cccc(S(=O)(=O)N2CCCN(C)CC2)c1)c1ccc(Cl)s1. The second kappa shape index (κ2) is 10.1. The average molecular weight is 471 g/mol. The van der Waals surface area contributed by atoms with Crippen LogP contribution < -0.4 is 10.6 Å². The standard InChI is InChI=1S/C20H27ClN4O3S2/c1-3-17(18-8-9-19(21)29-18)23-20(26)22-15-6-4-7-16(14-15)30(27,28)25-11-5-10-24(2)12-13-25/h4,6-9,14,17H,3,5,10-13H2,1-2H3,(H2,22,23,26). The van der Waals surface area contributed by atoms with Crippen molar-refractivity contribution in [1.29, 1.82) is 0 Å². The molecule has 2 N–H and O–H groups in total. The number of likely N-dealkylation sites (N-methyl/N-ethyl adjacent to an activating group) is 1. The topological polar surface area (TPSA) is 81.8 Å². The molecule has 1 aliphatic rings. The van der Waals surface area contributed by atoms with Crippen molar-refractivity contribution in [2.45, 2.75) is 30.7 Å². The lowest BCUT2D eigenvalue weighted by molar-refractivity contribution is 0.248. The third kappa shape index (κ3) is 5.73. The van der Waals surface area contributed by atoms with Crippen LogP contribution in [0, 0.1) is 0 Å². The second-order valence-corrected chi connectivity index (χ2v) is 11.0. The van der Waals surface area contributed by atoms with Gasteiger partial charge < -0.3 is 15.5 Å². The first-order chi connectivity index (χ1) is 14.3. The summed E-state index contributed by atoms with van der Waals surface area (Å²) >= 11 is 7.42. The molecule has 2 aromatic rings. The van der Waals surface area contributed by atoms with Crippen LogP contribution >= 0.6 is 22.9 Å². The molecule has 1 fully saturated rings. The Bertz CT molecular complexity index is 980. The minimum Gasteiger partial charge on any atom is -0.330 e. The summed E-state index contributed by atoms with van der Waals surface area (Å²) in [6.07, 6.45) is 1.50. The maximum atomic E-state index is 13.1. The van der Waals surface area contributed by atoms with Crippen molar-refractivity contribution in [3.05, 3.63) is 45.6 Å². The molecule has 0 radical (unpaired) electrons. The molecule has 1 unspecified atom stereocenters. The predicted molar refractivity (Wildman–Crippen MR) is 122 cm³/mol. The van der Waals surface area contributed by atoms with Crippen molar-refractivity contribution in [2.24, 2.45) is 0 Å². The molecule has 3 rings (SSSR count). The lowest BCUT2D eigenvalue weighted by Crippen LogP contribution is -2.34. The van der Waals surface area contributed by atoms with Gasteiger partial charge in [-0.3, -0.25) is 0 Å². The smallest absolute Gasteiger partial charge is 0.319 e. The Balaban J connectivity index is 1.69. The molecule has 1 atom stereocenters. The molecular formula is C20H27ClN4O3S2. The van der Waals surface area contributed by atoms with Crippen LogP contribution in [-0.2, 0) is 10.0 Å². The lowest BCUT2D eigenvalue weighted by Gasteiger charge is -2.21. The van der Waals surface area contributed by atoms with Crippen LogP contribution in [0.3, 0.4) is 0 Å². The minimum atomic E-state index is -3.61. The van der Waals surface area contributed by atoms with Crippen molar-refractivity contribution in [3.8, 4) is 0 Å². The van der Waals surface area contributed by atoms with Gasteiger partial charge in [-0.15, -0.1) is 11.3 Å². The monoisotopic (exact) mass is 470 g/mol. The highest BCUT2D eigenvalue weighted by molar-refractivity contribution is 7.89. The van der Waals surface area contributed by atoms with Gasteiger partial charge in [0, 0.05) is 30.2 Å².